The molecule has 1 saturated heterocycles. The highest BCUT2D eigenvalue weighted by atomic mass is 16.1. The standard InChI is InChI=1S/C13H19NO.C13H19N/c1-4-5-13-7-6-12(8-10(13)2)9-14-11(3)15;1-12-7-9-14(10-8-12)11-13-5-3-2-4-6-13/h6-8H,4-5,9H2,1-3H3,(H,14,15);2-6,12H,7-11H2,1H3. The molecule has 1 heterocycles. The first-order valence-corrected chi connectivity index (χ1v) is 11.1. The van der Waals surface area contributed by atoms with Crippen LogP contribution in [0.3, 0.4) is 0 Å². The van der Waals surface area contributed by atoms with Crippen LogP contribution in [0.4, 0.5) is 0 Å². The molecule has 1 fully saturated rings. The van der Waals surface area contributed by atoms with Crippen molar-refractivity contribution in [3.63, 3.8) is 0 Å². The summed E-state index contributed by atoms with van der Waals surface area (Å²) in [5, 5.41) is 2.80. The van der Waals surface area contributed by atoms with Gasteiger partial charge in [-0.05, 0) is 67.4 Å². The molecule has 3 nitrogen and oxygen atoms in total. The Bertz CT molecular complexity index is 734. The van der Waals surface area contributed by atoms with Crippen molar-refractivity contribution in [2.45, 2.75) is 66.5 Å². The molecule has 29 heavy (non-hydrogen) atoms. The Morgan fingerprint density at radius 3 is 2.34 bits per heavy atom. The van der Waals surface area contributed by atoms with Gasteiger partial charge >= 0.3 is 0 Å². The van der Waals surface area contributed by atoms with Crippen LogP contribution in [0.15, 0.2) is 48.5 Å². The van der Waals surface area contributed by atoms with Gasteiger partial charge in [-0.25, -0.2) is 0 Å². The summed E-state index contributed by atoms with van der Waals surface area (Å²) in [4.78, 5) is 13.3. The molecule has 0 atom stereocenters. The Hall–Kier alpha value is -2.13. The molecule has 0 saturated carbocycles. The molecule has 0 bridgehead atoms. The van der Waals surface area contributed by atoms with Crippen molar-refractivity contribution < 1.29 is 4.79 Å². The summed E-state index contributed by atoms with van der Waals surface area (Å²) >= 11 is 0. The number of rotatable bonds is 6. The van der Waals surface area contributed by atoms with Crippen molar-refractivity contribution in [1.82, 2.24) is 10.2 Å². The average molecular weight is 395 g/mol. The van der Waals surface area contributed by atoms with Gasteiger partial charge in [0.1, 0.15) is 0 Å². The number of hydrogen-bond donors (Lipinski definition) is 1. The number of carbonyl (C=O) groups excluding carboxylic acids is 1. The SMILES string of the molecule is CC1CCN(Cc2ccccc2)CC1.CCCc1ccc(CNC(C)=O)cc1C. The predicted octanol–water partition coefficient (Wildman–Crippen LogP) is 5.50. The number of nitrogens with one attached hydrogen (secondary N) is 1. The van der Waals surface area contributed by atoms with Gasteiger partial charge in [0.25, 0.3) is 0 Å². The minimum Gasteiger partial charge on any atom is -0.352 e. The van der Waals surface area contributed by atoms with Crippen LogP contribution < -0.4 is 5.32 Å². The summed E-state index contributed by atoms with van der Waals surface area (Å²) in [7, 11) is 0. The van der Waals surface area contributed by atoms with E-state index in [0.29, 0.717) is 6.54 Å². The van der Waals surface area contributed by atoms with Crippen molar-refractivity contribution in [3.05, 3.63) is 70.8 Å². The molecular formula is C26H38N2O. The second-order valence-electron chi connectivity index (χ2n) is 8.36. The lowest BCUT2D eigenvalue weighted by Crippen LogP contribution is -2.32. The molecule has 1 aliphatic rings. The minimum absolute atomic E-state index is 0.0188. The van der Waals surface area contributed by atoms with Gasteiger partial charge < -0.3 is 5.32 Å². The highest BCUT2D eigenvalue weighted by Gasteiger charge is 2.15. The van der Waals surface area contributed by atoms with Gasteiger partial charge in [-0.3, -0.25) is 9.69 Å². The fraction of sp³-hybridized carbons (Fsp3) is 0.500. The molecule has 3 rings (SSSR count). The molecule has 2 aromatic rings. The summed E-state index contributed by atoms with van der Waals surface area (Å²) in [6.45, 7) is 12.5. The Morgan fingerprint density at radius 2 is 1.76 bits per heavy atom. The van der Waals surface area contributed by atoms with Crippen LogP contribution in [-0.4, -0.2) is 23.9 Å². The van der Waals surface area contributed by atoms with Crippen molar-refractivity contribution in [2.24, 2.45) is 5.92 Å². The molecule has 3 heteroatoms. The second-order valence-corrected chi connectivity index (χ2v) is 8.36. The summed E-state index contributed by atoms with van der Waals surface area (Å²) < 4.78 is 0. The number of amides is 1. The van der Waals surface area contributed by atoms with E-state index in [1.165, 1.54) is 61.5 Å². The van der Waals surface area contributed by atoms with E-state index in [2.05, 4.69) is 79.5 Å². The molecule has 0 aromatic heterocycles. The van der Waals surface area contributed by atoms with E-state index in [9.17, 15) is 4.79 Å². The van der Waals surface area contributed by atoms with Crippen molar-refractivity contribution in [1.29, 1.82) is 0 Å². The third kappa shape index (κ3) is 8.82. The van der Waals surface area contributed by atoms with Crippen LogP contribution in [0.2, 0.25) is 0 Å². The molecular weight excluding hydrogens is 356 g/mol. The fourth-order valence-corrected chi connectivity index (χ4v) is 3.71. The molecule has 158 valence electrons. The largest absolute Gasteiger partial charge is 0.352 e. The Labute approximate surface area is 177 Å². The molecule has 1 aliphatic heterocycles. The number of hydrogen-bond acceptors (Lipinski definition) is 2. The van der Waals surface area contributed by atoms with E-state index < -0.39 is 0 Å². The van der Waals surface area contributed by atoms with E-state index in [0.717, 1.165) is 18.9 Å². The topological polar surface area (TPSA) is 32.3 Å². The highest BCUT2D eigenvalue weighted by Crippen LogP contribution is 2.17. The molecule has 1 amide bonds. The van der Waals surface area contributed by atoms with Gasteiger partial charge in [-0.2, -0.15) is 0 Å². The van der Waals surface area contributed by atoms with Gasteiger partial charge in [-0.1, -0.05) is 68.8 Å². The van der Waals surface area contributed by atoms with Gasteiger partial charge in [0.05, 0.1) is 0 Å². The van der Waals surface area contributed by atoms with Crippen LogP contribution in [0.25, 0.3) is 0 Å². The van der Waals surface area contributed by atoms with Gasteiger partial charge in [0.2, 0.25) is 5.91 Å². The van der Waals surface area contributed by atoms with E-state index in [-0.39, 0.29) is 5.91 Å². The molecule has 0 unspecified atom stereocenters. The number of benzene rings is 2. The Morgan fingerprint density at radius 1 is 1.07 bits per heavy atom. The van der Waals surface area contributed by atoms with Crippen LogP contribution in [-0.2, 0) is 24.3 Å². The zero-order valence-electron chi connectivity index (χ0n) is 18.7. The van der Waals surface area contributed by atoms with E-state index in [1.54, 1.807) is 0 Å². The molecule has 0 radical (unpaired) electrons. The van der Waals surface area contributed by atoms with E-state index >= 15 is 0 Å². The van der Waals surface area contributed by atoms with Crippen molar-refractivity contribution in [3.8, 4) is 0 Å². The first-order valence-electron chi connectivity index (χ1n) is 11.1. The Balaban J connectivity index is 0.000000207. The zero-order chi connectivity index (χ0) is 21.1. The number of carbonyl (C=O) groups is 1. The summed E-state index contributed by atoms with van der Waals surface area (Å²) in [5.74, 6) is 0.951. The molecule has 0 spiro atoms. The van der Waals surface area contributed by atoms with Crippen molar-refractivity contribution in [2.75, 3.05) is 13.1 Å². The normalized spacial score (nSPS) is 14.8. The summed E-state index contributed by atoms with van der Waals surface area (Å²) in [5.41, 5.74) is 5.34. The monoisotopic (exact) mass is 394 g/mol. The number of piperidine rings is 1. The van der Waals surface area contributed by atoms with Gasteiger partial charge in [-0.15, -0.1) is 0 Å². The van der Waals surface area contributed by atoms with E-state index in [1.807, 2.05) is 0 Å². The zero-order valence-corrected chi connectivity index (χ0v) is 18.7. The van der Waals surface area contributed by atoms with Crippen molar-refractivity contribution >= 4 is 5.91 Å². The van der Waals surface area contributed by atoms with Crippen LogP contribution >= 0.6 is 0 Å². The minimum atomic E-state index is 0.0188. The molecule has 0 aliphatic carbocycles. The maximum absolute atomic E-state index is 10.8. The maximum atomic E-state index is 10.8. The quantitative estimate of drug-likeness (QED) is 0.701. The first kappa shape index (κ1) is 23.2. The number of aryl methyl sites for hydroxylation is 2. The Kier molecular flexibility index (Phi) is 9.93. The van der Waals surface area contributed by atoms with Crippen LogP contribution in [0.1, 0.15) is 62.3 Å². The average Bonchev–Trinajstić information content (AvgIpc) is 2.71. The van der Waals surface area contributed by atoms with E-state index in [4.69, 9.17) is 0 Å². The predicted molar refractivity (Wildman–Crippen MR) is 123 cm³/mol. The number of likely N-dealkylation sites (tertiary alicyclic amines) is 1. The lowest BCUT2D eigenvalue weighted by molar-refractivity contribution is -0.119. The third-order valence-electron chi connectivity index (χ3n) is 5.59. The second kappa shape index (κ2) is 12.4. The maximum Gasteiger partial charge on any atom is 0.217 e. The lowest BCUT2D eigenvalue weighted by atomic mass is 9.99. The van der Waals surface area contributed by atoms with Gasteiger partial charge in [0, 0.05) is 20.0 Å². The fourth-order valence-electron chi connectivity index (χ4n) is 3.71. The summed E-state index contributed by atoms with van der Waals surface area (Å²) in [6, 6.07) is 17.2. The summed E-state index contributed by atoms with van der Waals surface area (Å²) in [6.07, 6.45) is 5.04. The molecule has 1 N–H and O–H groups in total. The van der Waals surface area contributed by atoms with Gasteiger partial charge in [0.15, 0.2) is 0 Å². The third-order valence-corrected chi connectivity index (χ3v) is 5.59. The number of nitrogens with zero attached hydrogens (tertiary/aromatic N) is 1. The van der Waals surface area contributed by atoms with Crippen LogP contribution in [0.5, 0.6) is 0 Å². The smallest absolute Gasteiger partial charge is 0.217 e. The first-order chi connectivity index (χ1) is 14.0. The molecule has 2 aromatic carbocycles. The lowest BCUT2D eigenvalue weighted by Gasteiger charge is -2.30. The van der Waals surface area contributed by atoms with Crippen LogP contribution in [0, 0.1) is 12.8 Å². The highest BCUT2D eigenvalue weighted by molar-refractivity contribution is 5.72.